The van der Waals surface area contributed by atoms with E-state index in [1.807, 2.05) is 0 Å². The van der Waals surface area contributed by atoms with Gasteiger partial charge < -0.3 is 5.32 Å². The molecule has 3 heteroatoms. The van der Waals surface area contributed by atoms with E-state index in [-0.39, 0.29) is 11.9 Å². The van der Waals surface area contributed by atoms with Gasteiger partial charge in [-0.25, -0.2) is 0 Å². The van der Waals surface area contributed by atoms with Gasteiger partial charge in [0.25, 0.3) is 0 Å². The number of hydrogen-bond acceptors (Lipinski definition) is 2. The number of nitrogens with one attached hydrogen (secondary N) is 1. The Balaban J connectivity index is 1.86. The Kier molecular flexibility index (Phi) is 4.43. The Morgan fingerprint density at radius 3 is 2.47 bits per heavy atom. The van der Waals surface area contributed by atoms with Crippen molar-refractivity contribution >= 4 is 5.91 Å². The van der Waals surface area contributed by atoms with E-state index in [4.69, 9.17) is 0 Å². The lowest BCUT2D eigenvalue weighted by Gasteiger charge is -2.30. The number of nitrogens with zero attached hydrogens (tertiary/aromatic N) is 1. The molecule has 0 spiro atoms. The quantitative estimate of drug-likeness (QED) is 0.818. The standard InChI is InChI=1S/C14H26N2O/c1-11(2)16-10-6-9-13(16)14(17)15-12-7-4-3-5-8-12/h11-13H,3-10H2,1-2H3,(H,15,17). The van der Waals surface area contributed by atoms with Crippen LogP contribution >= 0.6 is 0 Å². The summed E-state index contributed by atoms with van der Waals surface area (Å²) < 4.78 is 0. The SMILES string of the molecule is CC(C)N1CCCC1C(=O)NC1CCCCC1. The summed E-state index contributed by atoms with van der Waals surface area (Å²) in [5.74, 6) is 0.281. The van der Waals surface area contributed by atoms with Crippen LogP contribution in [0.3, 0.4) is 0 Å². The highest BCUT2D eigenvalue weighted by Gasteiger charge is 2.33. The van der Waals surface area contributed by atoms with Crippen molar-refractivity contribution in [2.24, 2.45) is 0 Å². The van der Waals surface area contributed by atoms with Crippen LogP contribution in [-0.4, -0.2) is 35.5 Å². The first-order valence-corrected chi connectivity index (χ1v) is 7.24. The maximum atomic E-state index is 12.3. The highest BCUT2D eigenvalue weighted by atomic mass is 16.2. The molecule has 98 valence electrons. The normalized spacial score (nSPS) is 27.6. The Bertz CT molecular complexity index is 259. The van der Waals surface area contributed by atoms with E-state index in [2.05, 4.69) is 24.1 Å². The third kappa shape index (κ3) is 3.21. The van der Waals surface area contributed by atoms with E-state index in [1.54, 1.807) is 0 Å². The van der Waals surface area contributed by atoms with Crippen molar-refractivity contribution in [1.29, 1.82) is 0 Å². The van der Waals surface area contributed by atoms with Crippen molar-refractivity contribution in [1.82, 2.24) is 10.2 Å². The van der Waals surface area contributed by atoms with Crippen LogP contribution in [0.1, 0.15) is 58.8 Å². The van der Waals surface area contributed by atoms with E-state index >= 15 is 0 Å². The van der Waals surface area contributed by atoms with E-state index in [1.165, 1.54) is 38.5 Å². The zero-order valence-corrected chi connectivity index (χ0v) is 11.2. The number of amides is 1. The van der Waals surface area contributed by atoms with Crippen LogP contribution in [-0.2, 0) is 4.79 Å². The molecule has 1 saturated carbocycles. The molecule has 0 aromatic carbocycles. The molecule has 2 fully saturated rings. The Labute approximate surface area is 105 Å². The summed E-state index contributed by atoms with van der Waals surface area (Å²) >= 11 is 0. The lowest BCUT2D eigenvalue weighted by molar-refractivity contribution is -0.127. The molecule has 3 nitrogen and oxygen atoms in total. The molecular weight excluding hydrogens is 212 g/mol. The van der Waals surface area contributed by atoms with Crippen molar-refractivity contribution in [3.8, 4) is 0 Å². The Morgan fingerprint density at radius 1 is 1.12 bits per heavy atom. The van der Waals surface area contributed by atoms with Crippen molar-refractivity contribution in [3.05, 3.63) is 0 Å². The maximum Gasteiger partial charge on any atom is 0.237 e. The zero-order valence-electron chi connectivity index (χ0n) is 11.2. The number of rotatable bonds is 3. The molecule has 1 saturated heterocycles. The minimum absolute atomic E-state index is 0.136. The van der Waals surface area contributed by atoms with Gasteiger partial charge in [0.1, 0.15) is 0 Å². The van der Waals surface area contributed by atoms with Crippen LogP contribution in [0, 0.1) is 0 Å². The van der Waals surface area contributed by atoms with Gasteiger partial charge in [0, 0.05) is 12.1 Å². The Morgan fingerprint density at radius 2 is 1.82 bits per heavy atom. The van der Waals surface area contributed by atoms with Crippen molar-refractivity contribution in [2.45, 2.75) is 76.9 Å². The second-order valence-corrected chi connectivity index (χ2v) is 5.83. The highest BCUT2D eigenvalue weighted by molar-refractivity contribution is 5.82. The molecule has 0 radical (unpaired) electrons. The van der Waals surface area contributed by atoms with Gasteiger partial charge in [-0.05, 0) is 46.1 Å². The highest BCUT2D eigenvalue weighted by Crippen LogP contribution is 2.22. The second kappa shape index (κ2) is 5.85. The van der Waals surface area contributed by atoms with Gasteiger partial charge in [0.2, 0.25) is 5.91 Å². The first-order chi connectivity index (χ1) is 8.18. The second-order valence-electron chi connectivity index (χ2n) is 5.83. The maximum absolute atomic E-state index is 12.3. The van der Waals surface area contributed by atoms with Crippen molar-refractivity contribution in [2.75, 3.05) is 6.54 Å². The largest absolute Gasteiger partial charge is 0.352 e. The monoisotopic (exact) mass is 238 g/mol. The van der Waals surface area contributed by atoms with Crippen LogP contribution in [0.2, 0.25) is 0 Å². The lowest BCUT2D eigenvalue weighted by atomic mass is 9.95. The van der Waals surface area contributed by atoms with Gasteiger partial charge in [0.05, 0.1) is 6.04 Å². The molecule has 0 bridgehead atoms. The molecule has 1 aliphatic heterocycles. The van der Waals surface area contributed by atoms with Crippen LogP contribution in [0.4, 0.5) is 0 Å². The first-order valence-electron chi connectivity index (χ1n) is 7.24. The van der Waals surface area contributed by atoms with Gasteiger partial charge in [0.15, 0.2) is 0 Å². The molecule has 0 aromatic heterocycles. The van der Waals surface area contributed by atoms with Crippen LogP contribution in [0.15, 0.2) is 0 Å². The van der Waals surface area contributed by atoms with E-state index < -0.39 is 0 Å². The smallest absolute Gasteiger partial charge is 0.237 e. The molecule has 2 aliphatic rings. The number of carbonyl (C=O) groups excluding carboxylic acids is 1. The average Bonchev–Trinajstić information content (AvgIpc) is 2.79. The van der Waals surface area contributed by atoms with Gasteiger partial charge >= 0.3 is 0 Å². The summed E-state index contributed by atoms with van der Waals surface area (Å²) in [5.41, 5.74) is 0. The fraction of sp³-hybridized carbons (Fsp3) is 0.929. The average molecular weight is 238 g/mol. The van der Waals surface area contributed by atoms with E-state index in [0.29, 0.717) is 12.1 Å². The number of hydrogen-bond donors (Lipinski definition) is 1. The van der Waals surface area contributed by atoms with Crippen LogP contribution < -0.4 is 5.32 Å². The van der Waals surface area contributed by atoms with Gasteiger partial charge in [-0.1, -0.05) is 19.3 Å². The third-order valence-corrected chi connectivity index (χ3v) is 4.21. The summed E-state index contributed by atoms with van der Waals surface area (Å²) in [6.07, 6.45) is 8.47. The minimum Gasteiger partial charge on any atom is -0.352 e. The van der Waals surface area contributed by atoms with Gasteiger partial charge in [-0.15, -0.1) is 0 Å². The molecule has 1 amide bonds. The molecule has 1 unspecified atom stereocenters. The van der Waals surface area contributed by atoms with Gasteiger partial charge in [-0.3, -0.25) is 9.69 Å². The summed E-state index contributed by atoms with van der Waals surface area (Å²) in [6, 6.07) is 1.07. The van der Waals surface area contributed by atoms with E-state index in [9.17, 15) is 4.79 Å². The fourth-order valence-electron chi connectivity index (χ4n) is 3.23. The summed E-state index contributed by atoms with van der Waals surface area (Å²) in [6.45, 7) is 5.46. The van der Waals surface area contributed by atoms with Crippen LogP contribution in [0.25, 0.3) is 0 Å². The number of likely N-dealkylation sites (tertiary alicyclic amines) is 1. The molecule has 17 heavy (non-hydrogen) atoms. The zero-order chi connectivity index (χ0) is 12.3. The molecule has 1 heterocycles. The summed E-state index contributed by atoms with van der Waals surface area (Å²) in [5, 5.41) is 3.27. The van der Waals surface area contributed by atoms with E-state index in [0.717, 1.165) is 13.0 Å². The summed E-state index contributed by atoms with van der Waals surface area (Å²) in [7, 11) is 0. The predicted molar refractivity (Wildman–Crippen MR) is 69.9 cm³/mol. The topological polar surface area (TPSA) is 32.3 Å². The Hall–Kier alpha value is -0.570. The summed E-state index contributed by atoms with van der Waals surface area (Å²) in [4.78, 5) is 14.6. The molecule has 1 atom stereocenters. The molecule has 2 rings (SSSR count). The number of carbonyl (C=O) groups is 1. The predicted octanol–water partition coefficient (Wildman–Crippen LogP) is 2.31. The molecule has 0 aromatic rings. The molecule has 1 N–H and O–H groups in total. The third-order valence-electron chi connectivity index (χ3n) is 4.21. The molecular formula is C14H26N2O. The lowest BCUT2D eigenvalue weighted by Crippen LogP contribution is -2.49. The van der Waals surface area contributed by atoms with Crippen LogP contribution in [0.5, 0.6) is 0 Å². The fourth-order valence-corrected chi connectivity index (χ4v) is 3.23. The van der Waals surface area contributed by atoms with Gasteiger partial charge in [-0.2, -0.15) is 0 Å². The minimum atomic E-state index is 0.136. The molecule has 1 aliphatic carbocycles. The first kappa shape index (κ1) is 12.9. The van der Waals surface area contributed by atoms with Crippen molar-refractivity contribution in [3.63, 3.8) is 0 Å². The van der Waals surface area contributed by atoms with Crippen molar-refractivity contribution < 1.29 is 4.79 Å².